The van der Waals surface area contributed by atoms with Gasteiger partial charge < -0.3 is 20.1 Å². The number of hydrogen-bond acceptors (Lipinski definition) is 4. The van der Waals surface area contributed by atoms with E-state index in [1.54, 1.807) is 0 Å². The van der Waals surface area contributed by atoms with Crippen LogP contribution < -0.4 is 15.0 Å². The van der Waals surface area contributed by atoms with E-state index < -0.39 is 17.9 Å². The van der Waals surface area contributed by atoms with Gasteiger partial charge in [0.15, 0.2) is 0 Å². The number of likely N-dealkylation sites (N-methyl/N-ethyl adjacent to an activating group) is 1. The minimum absolute atomic E-state index is 0.297. The Labute approximate surface area is 125 Å². The fourth-order valence-corrected chi connectivity index (χ4v) is 2.36. The smallest absolute Gasteiger partial charge is 0.406 e. The van der Waals surface area contributed by atoms with Crippen LogP contribution in [0.1, 0.15) is 12.8 Å². The molecule has 8 heteroatoms. The molecule has 0 spiro atoms. The zero-order chi connectivity index (χ0) is 16.4. The lowest BCUT2D eigenvalue weighted by molar-refractivity contribution is -0.274. The van der Waals surface area contributed by atoms with Crippen LogP contribution in [0.15, 0.2) is 24.3 Å². The number of nitrogens with one attached hydrogen (secondary N) is 1. The van der Waals surface area contributed by atoms with Gasteiger partial charge in [-0.1, -0.05) is 0 Å². The highest BCUT2D eigenvalue weighted by molar-refractivity contribution is 5.99. The lowest BCUT2D eigenvalue weighted by atomic mass is 9.91. The van der Waals surface area contributed by atoms with Crippen LogP contribution in [0.3, 0.4) is 0 Å². The third-order valence-electron chi connectivity index (χ3n) is 3.59. The molecular formula is C14H17F3N2O3. The van der Waals surface area contributed by atoms with Gasteiger partial charge in [-0.3, -0.25) is 4.79 Å². The van der Waals surface area contributed by atoms with E-state index in [9.17, 15) is 23.1 Å². The topological polar surface area (TPSA) is 61.8 Å². The summed E-state index contributed by atoms with van der Waals surface area (Å²) >= 11 is 0. The standard InChI is InChI=1S/C14H17F3N2O3/c1-19(12(20)13(21)6-8-18-9-7-13)10-2-4-11(5-3-10)22-14(15,16)17/h2-5,18,21H,6-9H2,1H3. The molecule has 122 valence electrons. The highest BCUT2D eigenvalue weighted by Gasteiger charge is 2.39. The number of amides is 1. The van der Waals surface area contributed by atoms with Crippen LogP contribution in [0.4, 0.5) is 18.9 Å². The van der Waals surface area contributed by atoms with E-state index in [4.69, 9.17) is 0 Å². The summed E-state index contributed by atoms with van der Waals surface area (Å²) in [6.07, 6.45) is -4.16. The largest absolute Gasteiger partial charge is 0.573 e. The summed E-state index contributed by atoms with van der Waals surface area (Å²) in [5.74, 6) is -0.837. The molecule has 0 aliphatic carbocycles. The first-order valence-electron chi connectivity index (χ1n) is 6.78. The van der Waals surface area contributed by atoms with Crippen LogP contribution in [0.25, 0.3) is 0 Å². The zero-order valence-electron chi connectivity index (χ0n) is 12.0. The van der Waals surface area contributed by atoms with Crippen molar-refractivity contribution in [1.29, 1.82) is 0 Å². The Morgan fingerprint density at radius 2 is 1.82 bits per heavy atom. The predicted molar refractivity (Wildman–Crippen MR) is 73.6 cm³/mol. The predicted octanol–water partition coefficient (Wildman–Crippen LogP) is 1.66. The molecule has 5 nitrogen and oxygen atoms in total. The molecular weight excluding hydrogens is 301 g/mol. The van der Waals surface area contributed by atoms with Crippen molar-refractivity contribution < 1.29 is 27.8 Å². The van der Waals surface area contributed by atoms with Gasteiger partial charge in [0.2, 0.25) is 0 Å². The molecule has 0 aromatic heterocycles. The summed E-state index contributed by atoms with van der Waals surface area (Å²) in [4.78, 5) is 13.6. The SMILES string of the molecule is CN(C(=O)C1(O)CCNCC1)c1ccc(OC(F)(F)F)cc1. The van der Waals surface area contributed by atoms with E-state index >= 15 is 0 Å². The van der Waals surface area contributed by atoms with Crippen LogP contribution in [0.5, 0.6) is 5.75 Å². The van der Waals surface area contributed by atoms with E-state index in [-0.39, 0.29) is 5.75 Å². The number of alkyl halides is 3. The number of aliphatic hydroxyl groups is 1. The molecule has 1 saturated heterocycles. The van der Waals surface area contributed by atoms with E-state index in [1.165, 1.54) is 24.1 Å². The summed E-state index contributed by atoms with van der Waals surface area (Å²) < 4.78 is 40.1. The number of anilines is 1. The molecule has 1 aromatic carbocycles. The second kappa shape index (κ2) is 6.13. The van der Waals surface area contributed by atoms with Crippen molar-refractivity contribution in [2.45, 2.75) is 24.8 Å². The number of rotatable bonds is 3. The summed E-state index contributed by atoms with van der Waals surface area (Å²) in [6, 6.07) is 4.92. The number of carbonyl (C=O) groups excluding carboxylic acids is 1. The van der Waals surface area contributed by atoms with Crippen LogP contribution in [0, 0.1) is 0 Å². The monoisotopic (exact) mass is 318 g/mol. The fraction of sp³-hybridized carbons (Fsp3) is 0.500. The molecule has 1 aliphatic rings. The zero-order valence-corrected chi connectivity index (χ0v) is 12.0. The number of ether oxygens (including phenoxy) is 1. The summed E-state index contributed by atoms with van der Waals surface area (Å²) in [7, 11) is 1.47. The molecule has 0 bridgehead atoms. The number of piperidine rings is 1. The number of hydrogen-bond donors (Lipinski definition) is 2. The minimum Gasteiger partial charge on any atom is -0.406 e. The average Bonchev–Trinajstić information content (AvgIpc) is 2.45. The van der Waals surface area contributed by atoms with E-state index in [2.05, 4.69) is 10.1 Å². The van der Waals surface area contributed by atoms with E-state index in [0.717, 1.165) is 12.1 Å². The van der Waals surface area contributed by atoms with Gasteiger partial charge in [-0.15, -0.1) is 13.2 Å². The Balaban J connectivity index is 2.09. The van der Waals surface area contributed by atoms with Crippen molar-refractivity contribution in [2.75, 3.05) is 25.0 Å². The maximum absolute atomic E-state index is 12.4. The third-order valence-corrected chi connectivity index (χ3v) is 3.59. The van der Waals surface area contributed by atoms with Crippen LogP contribution >= 0.6 is 0 Å². The average molecular weight is 318 g/mol. The van der Waals surface area contributed by atoms with Gasteiger partial charge in [0, 0.05) is 12.7 Å². The second-order valence-corrected chi connectivity index (χ2v) is 5.19. The highest BCUT2D eigenvalue weighted by atomic mass is 19.4. The van der Waals surface area contributed by atoms with Gasteiger partial charge in [-0.2, -0.15) is 0 Å². The number of carbonyl (C=O) groups is 1. The quantitative estimate of drug-likeness (QED) is 0.890. The first-order valence-corrected chi connectivity index (χ1v) is 6.78. The van der Waals surface area contributed by atoms with Crippen molar-refractivity contribution in [1.82, 2.24) is 5.32 Å². The Morgan fingerprint density at radius 1 is 1.27 bits per heavy atom. The van der Waals surface area contributed by atoms with Crippen LogP contribution in [-0.4, -0.2) is 43.1 Å². The molecule has 1 amide bonds. The maximum Gasteiger partial charge on any atom is 0.573 e. The Kier molecular flexibility index (Phi) is 4.62. The van der Waals surface area contributed by atoms with Gasteiger partial charge >= 0.3 is 6.36 Å². The highest BCUT2D eigenvalue weighted by Crippen LogP contribution is 2.27. The molecule has 0 radical (unpaired) electrons. The second-order valence-electron chi connectivity index (χ2n) is 5.19. The van der Waals surface area contributed by atoms with Crippen molar-refractivity contribution in [2.24, 2.45) is 0 Å². The lowest BCUT2D eigenvalue weighted by Gasteiger charge is -2.34. The van der Waals surface area contributed by atoms with Gasteiger partial charge in [0.25, 0.3) is 5.91 Å². The molecule has 0 atom stereocenters. The molecule has 1 aliphatic heterocycles. The number of halogens is 3. The molecule has 2 rings (SSSR count). The van der Waals surface area contributed by atoms with Crippen molar-refractivity contribution in [3.05, 3.63) is 24.3 Å². The molecule has 0 saturated carbocycles. The van der Waals surface area contributed by atoms with Crippen LogP contribution in [0.2, 0.25) is 0 Å². The molecule has 22 heavy (non-hydrogen) atoms. The molecule has 2 N–H and O–H groups in total. The van der Waals surface area contributed by atoms with Crippen molar-refractivity contribution >= 4 is 11.6 Å². The Hall–Kier alpha value is -1.80. The Bertz CT molecular complexity index is 525. The normalized spacial score (nSPS) is 17.9. The van der Waals surface area contributed by atoms with E-state index in [0.29, 0.717) is 31.6 Å². The number of benzene rings is 1. The number of nitrogens with zero attached hydrogens (tertiary/aromatic N) is 1. The fourth-order valence-electron chi connectivity index (χ4n) is 2.36. The lowest BCUT2D eigenvalue weighted by Crippen LogP contribution is -2.53. The molecule has 1 fully saturated rings. The van der Waals surface area contributed by atoms with Crippen LogP contribution in [-0.2, 0) is 4.79 Å². The van der Waals surface area contributed by atoms with E-state index in [1.807, 2.05) is 0 Å². The van der Waals surface area contributed by atoms with Gasteiger partial charge in [-0.25, -0.2) is 0 Å². The molecule has 1 aromatic rings. The maximum atomic E-state index is 12.4. The summed E-state index contributed by atoms with van der Waals surface area (Å²) in [5, 5.41) is 13.4. The summed E-state index contributed by atoms with van der Waals surface area (Å²) in [5.41, 5.74) is -1.06. The first kappa shape index (κ1) is 16.6. The third kappa shape index (κ3) is 3.89. The minimum atomic E-state index is -4.76. The van der Waals surface area contributed by atoms with Gasteiger partial charge in [0.1, 0.15) is 11.4 Å². The summed E-state index contributed by atoms with van der Waals surface area (Å²) in [6.45, 7) is 1.07. The first-order chi connectivity index (χ1) is 10.2. The Morgan fingerprint density at radius 3 is 2.32 bits per heavy atom. The van der Waals surface area contributed by atoms with Crippen molar-refractivity contribution in [3.8, 4) is 5.75 Å². The van der Waals surface area contributed by atoms with Gasteiger partial charge in [-0.05, 0) is 50.2 Å². The molecule has 0 unspecified atom stereocenters. The molecule has 1 heterocycles. The van der Waals surface area contributed by atoms with Crippen molar-refractivity contribution in [3.63, 3.8) is 0 Å². The van der Waals surface area contributed by atoms with Gasteiger partial charge in [0.05, 0.1) is 0 Å².